The molecular weight excluding hydrogens is 358 g/mol. The standard InChI is InChI=1S/C16H23N5O6/c1-3-26-13(23)10-5-6-11(14(24)27-4-2)21(10)12(22)9-7-16(25,8-9)15-17-19-20-18-15/h9-11,25H,3-8H2,1-2H3,(H,17,18,19,20). The van der Waals surface area contributed by atoms with Crippen LogP contribution in [0.25, 0.3) is 0 Å². The first-order valence-corrected chi connectivity index (χ1v) is 9.03. The maximum atomic E-state index is 13.1. The smallest absolute Gasteiger partial charge is 0.328 e. The first kappa shape index (κ1) is 19.2. The van der Waals surface area contributed by atoms with Crippen LogP contribution in [0.15, 0.2) is 0 Å². The topological polar surface area (TPSA) is 148 Å². The molecule has 1 aromatic heterocycles. The maximum absolute atomic E-state index is 13.1. The second-order valence-electron chi connectivity index (χ2n) is 6.73. The van der Waals surface area contributed by atoms with Gasteiger partial charge in [0.1, 0.15) is 17.7 Å². The highest BCUT2D eigenvalue weighted by atomic mass is 16.5. The van der Waals surface area contributed by atoms with Crippen LogP contribution in [0.1, 0.15) is 45.4 Å². The van der Waals surface area contributed by atoms with Gasteiger partial charge in [-0.25, -0.2) is 9.59 Å². The minimum absolute atomic E-state index is 0.0902. The number of H-pyrrole nitrogens is 1. The van der Waals surface area contributed by atoms with Gasteiger partial charge in [0.25, 0.3) is 0 Å². The third-order valence-corrected chi connectivity index (χ3v) is 5.04. The molecule has 2 unspecified atom stereocenters. The van der Waals surface area contributed by atoms with E-state index in [2.05, 4.69) is 20.6 Å². The zero-order valence-electron chi connectivity index (χ0n) is 15.3. The summed E-state index contributed by atoms with van der Waals surface area (Å²) in [6.45, 7) is 3.72. The number of nitrogens with zero attached hydrogens (tertiary/aromatic N) is 4. The predicted octanol–water partition coefficient (Wildman–Crippen LogP) is -0.717. The Labute approximate surface area is 155 Å². The van der Waals surface area contributed by atoms with Gasteiger partial charge in [0.2, 0.25) is 11.7 Å². The molecule has 0 bridgehead atoms. The molecule has 1 aromatic rings. The van der Waals surface area contributed by atoms with E-state index in [0.29, 0.717) is 12.8 Å². The van der Waals surface area contributed by atoms with Crippen molar-refractivity contribution in [1.82, 2.24) is 25.5 Å². The molecule has 2 atom stereocenters. The van der Waals surface area contributed by atoms with E-state index in [4.69, 9.17) is 9.47 Å². The summed E-state index contributed by atoms with van der Waals surface area (Å²) in [5, 5.41) is 23.7. The number of hydrogen-bond donors (Lipinski definition) is 2. The third-order valence-electron chi connectivity index (χ3n) is 5.04. The molecule has 1 amide bonds. The molecule has 0 spiro atoms. The number of esters is 2. The summed E-state index contributed by atoms with van der Waals surface area (Å²) in [5.74, 6) is -1.88. The van der Waals surface area contributed by atoms with Crippen molar-refractivity contribution in [2.75, 3.05) is 13.2 Å². The molecule has 148 valence electrons. The minimum Gasteiger partial charge on any atom is -0.464 e. The second kappa shape index (κ2) is 7.59. The van der Waals surface area contributed by atoms with Gasteiger partial charge in [0.05, 0.1) is 13.2 Å². The molecule has 3 rings (SSSR count). The van der Waals surface area contributed by atoms with Crippen molar-refractivity contribution in [1.29, 1.82) is 0 Å². The number of rotatable bonds is 6. The molecule has 2 aliphatic rings. The molecule has 11 nitrogen and oxygen atoms in total. The van der Waals surface area contributed by atoms with E-state index in [0.717, 1.165) is 0 Å². The van der Waals surface area contributed by atoms with Crippen molar-refractivity contribution < 1.29 is 29.0 Å². The summed E-state index contributed by atoms with van der Waals surface area (Å²) in [7, 11) is 0. The number of aromatic amines is 1. The second-order valence-corrected chi connectivity index (χ2v) is 6.73. The lowest BCUT2D eigenvalue weighted by molar-refractivity contribution is -0.169. The summed E-state index contributed by atoms with van der Waals surface area (Å²) in [5.41, 5.74) is -1.34. The number of aliphatic hydroxyl groups is 1. The molecule has 1 saturated carbocycles. The highest BCUT2D eigenvalue weighted by molar-refractivity contribution is 5.92. The molecule has 1 aliphatic carbocycles. The molecule has 2 fully saturated rings. The van der Waals surface area contributed by atoms with Gasteiger partial charge in [-0.2, -0.15) is 5.21 Å². The quantitative estimate of drug-likeness (QED) is 0.609. The van der Waals surface area contributed by atoms with E-state index in [9.17, 15) is 19.5 Å². The fourth-order valence-corrected chi connectivity index (χ4v) is 3.74. The number of amides is 1. The van der Waals surface area contributed by atoms with E-state index < -0.39 is 35.5 Å². The summed E-state index contributed by atoms with van der Waals surface area (Å²) in [6.07, 6.45) is 0.839. The Hall–Kier alpha value is -2.56. The Kier molecular flexibility index (Phi) is 5.40. The molecular formula is C16H23N5O6. The molecule has 1 aliphatic heterocycles. The van der Waals surface area contributed by atoms with Gasteiger partial charge in [-0.1, -0.05) is 5.21 Å². The number of ether oxygens (including phenoxy) is 2. The van der Waals surface area contributed by atoms with Crippen LogP contribution < -0.4 is 0 Å². The highest BCUT2D eigenvalue weighted by Gasteiger charge is 2.55. The Balaban J connectivity index is 1.75. The first-order valence-electron chi connectivity index (χ1n) is 9.03. The zero-order valence-corrected chi connectivity index (χ0v) is 15.3. The van der Waals surface area contributed by atoms with Crippen LogP contribution in [0, 0.1) is 5.92 Å². The SMILES string of the molecule is CCOC(=O)C1CCC(C(=O)OCC)N1C(=O)C1CC(O)(c2nn[nH]n2)C1. The Morgan fingerprint density at radius 1 is 1.15 bits per heavy atom. The lowest BCUT2D eigenvalue weighted by Crippen LogP contribution is -2.55. The Morgan fingerprint density at radius 3 is 2.15 bits per heavy atom. The first-order chi connectivity index (χ1) is 12.9. The van der Waals surface area contributed by atoms with Crippen LogP contribution in [-0.4, -0.2) is 73.8 Å². The van der Waals surface area contributed by atoms with E-state index in [-0.39, 0.29) is 37.8 Å². The maximum Gasteiger partial charge on any atom is 0.328 e. The normalized spacial score (nSPS) is 29.9. The summed E-state index contributed by atoms with van der Waals surface area (Å²) >= 11 is 0. The van der Waals surface area contributed by atoms with Crippen molar-refractivity contribution in [3.05, 3.63) is 5.82 Å². The van der Waals surface area contributed by atoms with Crippen molar-refractivity contribution in [2.24, 2.45) is 5.92 Å². The number of nitrogens with one attached hydrogen (secondary N) is 1. The Bertz CT molecular complexity index is 676. The molecule has 1 saturated heterocycles. The average Bonchev–Trinajstić information content (AvgIpc) is 3.28. The highest BCUT2D eigenvalue weighted by Crippen LogP contribution is 2.46. The molecule has 11 heteroatoms. The van der Waals surface area contributed by atoms with Gasteiger partial charge in [-0.15, -0.1) is 10.2 Å². The van der Waals surface area contributed by atoms with Crippen LogP contribution in [-0.2, 0) is 29.5 Å². The van der Waals surface area contributed by atoms with Gasteiger partial charge < -0.3 is 19.5 Å². The number of tetrazole rings is 1. The van der Waals surface area contributed by atoms with Crippen molar-refractivity contribution >= 4 is 17.8 Å². The van der Waals surface area contributed by atoms with Gasteiger partial charge in [0.15, 0.2) is 0 Å². The molecule has 0 radical (unpaired) electrons. The van der Waals surface area contributed by atoms with Crippen molar-refractivity contribution in [2.45, 2.75) is 57.2 Å². The van der Waals surface area contributed by atoms with Gasteiger partial charge in [-0.3, -0.25) is 4.79 Å². The van der Waals surface area contributed by atoms with E-state index in [1.165, 1.54) is 4.90 Å². The van der Waals surface area contributed by atoms with Crippen LogP contribution >= 0.6 is 0 Å². The lowest BCUT2D eigenvalue weighted by Gasteiger charge is -2.43. The van der Waals surface area contributed by atoms with Crippen molar-refractivity contribution in [3.63, 3.8) is 0 Å². The minimum atomic E-state index is -1.34. The summed E-state index contributed by atoms with van der Waals surface area (Å²) in [4.78, 5) is 38.9. The van der Waals surface area contributed by atoms with Crippen LogP contribution in [0.2, 0.25) is 0 Å². The number of aromatic nitrogens is 4. The van der Waals surface area contributed by atoms with Gasteiger partial charge in [0, 0.05) is 5.92 Å². The van der Waals surface area contributed by atoms with Gasteiger partial charge >= 0.3 is 11.9 Å². The zero-order chi connectivity index (χ0) is 19.6. The molecule has 2 N–H and O–H groups in total. The fraction of sp³-hybridized carbons (Fsp3) is 0.750. The van der Waals surface area contributed by atoms with Crippen LogP contribution in [0.4, 0.5) is 0 Å². The van der Waals surface area contributed by atoms with Crippen molar-refractivity contribution in [3.8, 4) is 0 Å². The molecule has 2 heterocycles. The number of hydrogen-bond acceptors (Lipinski definition) is 9. The molecule has 0 aromatic carbocycles. The number of carbonyl (C=O) groups is 3. The predicted molar refractivity (Wildman–Crippen MR) is 87.7 cm³/mol. The largest absolute Gasteiger partial charge is 0.464 e. The number of carbonyl (C=O) groups excluding carboxylic acids is 3. The summed E-state index contributed by atoms with van der Waals surface area (Å²) in [6, 6.07) is -1.66. The molecule has 27 heavy (non-hydrogen) atoms. The monoisotopic (exact) mass is 381 g/mol. The lowest BCUT2D eigenvalue weighted by atomic mass is 9.69. The number of likely N-dealkylation sites (tertiary alicyclic amines) is 1. The average molecular weight is 381 g/mol. The van der Waals surface area contributed by atoms with E-state index >= 15 is 0 Å². The van der Waals surface area contributed by atoms with E-state index in [1.54, 1.807) is 13.8 Å². The van der Waals surface area contributed by atoms with E-state index in [1.807, 2.05) is 0 Å². The third kappa shape index (κ3) is 3.51. The van der Waals surface area contributed by atoms with Gasteiger partial charge in [-0.05, 0) is 39.5 Å². The fourth-order valence-electron chi connectivity index (χ4n) is 3.74. The summed E-state index contributed by atoms with van der Waals surface area (Å²) < 4.78 is 10.1. The van der Waals surface area contributed by atoms with Crippen LogP contribution in [0.3, 0.4) is 0 Å². The van der Waals surface area contributed by atoms with Crippen LogP contribution in [0.5, 0.6) is 0 Å². The Morgan fingerprint density at radius 2 is 1.70 bits per heavy atom.